The molecule has 0 saturated heterocycles. The van der Waals surface area contributed by atoms with Gasteiger partial charge in [0, 0.05) is 6.07 Å². The highest BCUT2D eigenvalue weighted by Gasteiger charge is 2.18. The van der Waals surface area contributed by atoms with Gasteiger partial charge in [0.25, 0.3) is 0 Å². The average Bonchev–Trinajstić information content (AvgIpc) is 2.57. The zero-order valence-electron chi connectivity index (χ0n) is 9.63. The lowest BCUT2D eigenvalue weighted by atomic mass is 10.3. The van der Waals surface area contributed by atoms with Gasteiger partial charge >= 0.3 is 0 Å². The first-order valence-electron chi connectivity index (χ1n) is 5.00. The van der Waals surface area contributed by atoms with E-state index in [2.05, 4.69) is 10.1 Å². The third kappa shape index (κ3) is 1.91. The van der Waals surface area contributed by atoms with Gasteiger partial charge in [-0.1, -0.05) is 11.6 Å². The Morgan fingerprint density at radius 1 is 1.33 bits per heavy atom. The van der Waals surface area contributed by atoms with Crippen LogP contribution in [0.15, 0.2) is 6.07 Å². The largest absolute Gasteiger partial charge is 0.306 e. The van der Waals surface area contributed by atoms with Gasteiger partial charge in [-0.3, -0.25) is 0 Å². The minimum Gasteiger partial charge on any atom is -0.306 e. The quantitative estimate of drug-likeness (QED) is 0.649. The standard InChI is InChI=1S/C10H10ClF2N5/c1-4-8(11)5(2)18(17-4)10-7(13)3-6(12)9(15-10)16-14/h3H,14H2,1-2H3,(H,15,16). The molecule has 0 amide bonds. The number of hydrazine groups is 1. The van der Waals surface area contributed by atoms with Crippen molar-refractivity contribution in [3.8, 4) is 5.82 Å². The van der Waals surface area contributed by atoms with Gasteiger partial charge in [0.15, 0.2) is 23.3 Å². The van der Waals surface area contributed by atoms with Crippen LogP contribution >= 0.6 is 11.6 Å². The van der Waals surface area contributed by atoms with E-state index in [0.717, 1.165) is 0 Å². The maximum atomic E-state index is 13.7. The van der Waals surface area contributed by atoms with Crippen LogP contribution in [0, 0.1) is 25.5 Å². The van der Waals surface area contributed by atoms with Crippen molar-refractivity contribution in [3.05, 3.63) is 34.1 Å². The molecule has 2 aromatic heterocycles. The van der Waals surface area contributed by atoms with Crippen molar-refractivity contribution in [1.82, 2.24) is 14.8 Å². The Kier molecular flexibility index (Phi) is 3.18. The first-order valence-corrected chi connectivity index (χ1v) is 5.38. The van der Waals surface area contributed by atoms with Crippen molar-refractivity contribution in [3.63, 3.8) is 0 Å². The summed E-state index contributed by atoms with van der Waals surface area (Å²) in [6.07, 6.45) is 0. The first kappa shape index (κ1) is 12.7. The highest BCUT2D eigenvalue weighted by molar-refractivity contribution is 6.31. The number of hydrogen-bond acceptors (Lipinski definition) is 4. The molecular weight excluding hydrogens is 264 g/mol. The summed E-state index contributed by atoms with van der Waals surface area (Å²) < 4.78 is 28.1. The topological polar surface area (TPSA) is 68.8 Å². The molecular formula is C10H10ClF2N5. The summed E-state index contributed by atoms with van der Waals surface area (Å²) >= 11 is 5.96. The second kappa shape index (κ2) is 4.51. The minimum absolute atomic E-state index is 0.170. The van der Waals surface area contributed by atoms with Crippen molar-refractivity contribution >= 4 is 17.4 Å². The lowest BCUT2D eigenvalue weighted by Crippen LogP contribution is -2.14. The number of aromatic nitrogens is 3. The van der Waals surface area contributed by atoms with Gasteiger partial charge in [0.2, 0.25) is 0 Å². The van der Waals surface area contributed by atoms with E-state index in [-0.39, 0.29) is 11.6 Å². The van der Waals surface area contributed by atoms with E-state index in [1.165, 1.54) is 4.68 Å². The third-order valence-corrected chi connectivity index (χ3v) is 3.00. The Balaban J connectivity index is 2.67. The number of hydrogen-bond donors (Lipinski definition) is 2. The van der Waals surface area contributed by atoms with Crippen LogP contribution in [0.1, 0.15) is 11.4 Å². The third-order valence-electron chi connectivity index (χ3n) is 2.45. The van der Waals surface area contributed by atoms with Gasteiger partial charge in [0.05, 0.1) is 16.4 Å². The van der Waals surface area contributed by atoms with Gasteiger partial charge in [-0.05, 0) is 13.8 Å². The fourth-order valence-corrected chi connectivity index (χ4v) is 1.65. The molecule has 0 saturated carbocycles. The van der Waals surface area contributed by atoms with Crippen LogP contribution in [0.5, 0.6) is 0 Å². The molecule has 8 heteroatoms. The van der Waals surface area contributed by atoms with Gasteiger partial charge < -0.3 is 5.43 Å². The summed E-state index contributed by atoms with van der Waals surface area (Å²) in [7, 11) is 0. The minimum atomic E-state index is -0.883. The molecule has 3 N–H and O–H groups in total. The van der Waals surface area contributed by atoms with Crippen molar-refractivity contribution < 1.29 is 8.78 Å². The van der Waals surface area contributed by atoms with Gasteiger partial charge in [-0.2, -0.15) is 5.10 Å². The second-order valence-electron chi connectivity index (χ2n) is 3.67. The number of rotatable bonds is 2. The molecule has 0 aliphatic heterocycles. The molecule has 0 radical (unpaired) electrons. The summed E-state index contributed by atoms with van der Waals surface area (Å²) in [5.41, 5.74) is 3.09. The predicted octanol–water partition coefficient (Wildman–Crippen LogP) is 2.10. The number of halogens is 3. The Bertz CT molecular complexity index is 611. The van der Waals surface area contributed by atoms with Gasteiger partial charge in [-0.25, -0.2) is 24.3 Å². The molecule has 0 fully saturated rings. The van der Waals surface area contributed by atoms with Crippen molar-refractivity contribution in [1.29, 1.82) is 0 Å². The van der Waals surface area contributed by atoms with Crippen LogP contribution in [-0.2, 0) is 0 Å². The molecule has 0 aromatic carbocycles. The first-order chi connectivity index (χ1) is 8.45. The molecule has 0 atom stereocenters. The van der Waals surface area contributed by atoms with E-state index in [1.54, 1.807) is 13.8 Å². The van der Waals surface area contributed by atoms with E-state index in [1.807, 2.05) is 5.43 Å². The molecule has 2 heterocycles. The SMILES string of the molecule is Cc1nn(-c2nc(NN)c(F)cc2F)c(C)c1Cl. The summed E-state index contributed by atoms with van der Waals surface area (Å²) in [6, 6.07) is 0.682. The second-order valence-corrected chi connectivity index (χ2v) is 4.04. The molecule has 2 rings (SSSR count). The smallest absolute Gasteiger partial charge is 0.192 e. The molecule has 0 aliphatic rings. The van der Waals surface area contributed by atoms with Crippen molar-refractivity contribution in [2.45, 2.75) is 13.8 Å². The number of aryl methyl sites for hydroxylation is 1. The number of anilines is 1. The molecule has 18 heavy (non-hydrogen) atoms. The molecule has 96 valence electrons. The normalized spacial score (nSPS) is 10.8. The van der Waals surface area contributed by atoms with Crippen molar-refractivity contribution in [2.75, 3.05) is 5.43 Å². The van der Waals surface area contributed by atoms with E-state index >= 15 is 0 Å². The monoisotopic (exact) mass is 273 g/mol. The van der Waals surface area contributed by atoms with Gasteiger partial charge in [0.1, 0.15) is 0 Å². The summed E-state index contributed by atoms with van der Waals surface area (Å²) in [6.45, 7) is 3.33. The van der Waals surface area contributed by atoms with Crippen LogP contribution < -0.4 is 11.3 Å². The summed E-state index contributed by atoms with van der Waals surface area (Å²) in [5, 5.41) is 4.44. The zero-order chi connectivity index (χ0) is 13.4. The molecule has 2 aromatic rings. The number of nitrogens with zero attached hydrogens (tertiary/aromatic N) is 3. The van der Waals surface area contributed by atoms with Crippen LogP contribution in [-0.4, -0.2) is 14.8 Å². The summed E-state index contributed by atoms with van der Waals surface area (Å²) in [4.78, 5) is 3.73. The Morgan fingerprint density at radius 3 is 2.50 bits per heavy atom. The molecule has 0 aliphatic carbocycles. The number of nitrogens with one attached hydrogen (secondary N) is 1. The van der Waals surface area contributed by atoms with Crippen LogP contribution in [0.4, 0.5) is 14.6 Å². The highest BCUT2D eigenvalue weighted by atomic mass is 35.5. The Hall–Kier alpha value is -1.73. The van der Waals surface area contributed by atoms with Crippen LogP contribution in [0.2, 0.25) is 5.02 Å². The zero-order valence-corrected chi connectivity index (χ0v) is 10.4. The fraction of sp³-hybridized carbons (Fsp3) is 0.200. The van der Waals surface area contributed by atoms with E-state index in [9.17, 15) is 8.78 Å². The van der Waals surface area contributed by atoms with E-state index in [0.29, 0.717) is 22.5 Å². The van der Waals surface area contributed by atoms with E-state index in [4.69, 9.17) is 17.4 Å². The lowest BCUT2D eigenvalue weighted by Gasteiger charge is -2.08. The molecule has 5 nitrogen and oxygen atoms in total. The summed E-state index contributed by atoms with van der Waals surface area (Å²) in [5.74, 6) is 2.92. The Morgan fingerprint density at radius 2 is 2.00 bits per heavy atom. The fourth-order valence-electron chi connectivity index (χ4n) is 1.54. The van der Waals surface area contributed by atoms with Crippen LogP contribution in [0.3, 0.4) is 0 Å². The maximum absolute atomic E-state index is 13.7. The van der Waals surface area contributed by atoms with E-state index < -0.39 is 11.6 Å². The van der Waals surface area contributed by atoms with Crippen molar-refractivity contribution in [2.24, 2.45) is 5.84 Å². The highest BCUT2D eigenvalue weighted by Crippen LogP contribution is 2.24. The Labute approximate surface area is 107 Å². The maximum Gasteiger partial charge on any atom is 0.192 e. The lowest BCUT2D eigenvalue weighted by molar-refractivity contribution is 0.561. The molecule has 0 bridgehead atoms. The molecule has 0 spiro atoms. The average molecular weight is 274 g/mol. The number of nitrogens with two attached hydrogens (primary N) is 1. The van der Waals surface area contributed by atoms with Crippen LogP contribution in [0.25, 0.3) is 5.82 Å². The number of nitrogen functional groups attached to an aromatic ring is 1. The number of pyridine rings is 1. The predicted molar refractivity (Wildman–Crippen MR) is 63.6 cm³/mol. The van der Waals surface area contributed by atoms with Gasteiger partial charge in [-0.15, -0.1) is 0 Å². The molecule has 0 unspecified atom stereocenters.